The topological polar surface area (TPSA) is 12.0 Å². The van der Waals surface area contributed by atoms with Gasteiger partial charge in [0.05, 0.1) is 0 Å². The van der Waals surface area contributed by atoms with Crippen LogP contribution in [0, 0.1) is 5.92 Å². The Morgan fingerprint density at radius 2 is 1.76 bits per heavy atom. The Morgan fingerprint density at radius 3 is 2.52 bits per heavy atom. The van der Waals surface area contributed by atoms with Crippen molar-refractivity contribution in [2.24, 2.45) is 5.92 Å². The molecule has 0 spiro atoms. The zero-order chi connectivity index (χ0) is 14.8. The summed E-state index contributed by atoms with van der Waals surface area (Å²) in [6.45, 7) is 5.05. The number of nitrogens with one attached hydrogen (secondary N) is 1. The number of benzene rings is 1. The molecule has 1 heteroatoms. The van der Waals surface area contributed by atoms with Gasteiger partial charge in [0, 0.05) is 12.2 Å². The summed E-state index contributed by atoms with van der Waals surface area (Å²) in [5, 5.41) is 3.44. The van der Waals surface area contributed by atoms with Gasteiger partial charge >= 0.3 is 0 Å². The lowest BCUT2D eigenvalue weighted by molar-refractivity contribution is 0.328. The van der Waals surface area contributed by atoms with Gasteiger partial charge in [0.15, 0.2) is 0 Å². The van der Waals surface area contributed by atoms with E-state index in [2.05, 4.69) is 42.2 Å². The number of rotatable bonds is 9. The molecule has 0 bridgehead atoms. The van der Waals surface area contributed by atoms with E-state index in [1.165, 1.54) is 69.0 Å². The van der Waals surface area contributed by atoms with E-state index in [1.807, 2.05) is 0 Å². The van der Waals surface area contributed by atoms with Crippen molar-refractivity contribution in [1.82, 2.24) is 5.32 Å². The number of hydrogen-bond acceptors (Lipinski definition) is 1. The van der Waals surface area contributed by atoms with Gasteiger partial charge in [0.1, 0.15) is 0 Å². The zero-order valence-electron chi connectivity index (χ0n) is 13.4. The average Bonchev–Trinajstić information content (AvgIpc) is 2.54. The second-order valence-electron chi connectivity index (χ2n) is 6.55. The Balaban J connectivity index is 1.47. The van der Waals surface area contributed by atoms with Gasteiger partial charge in [-0.25, -0.2) is 0 Å². The molecule has 0 saturated heterocycles. The van der Waals surface area contributed by atoms with E-state index in [4.69, 9.17) is 0 Å². The van der Waals surface area contributed by atoms with Gasteiger partial charge in [-0.05, 0) is 24.3 Å². The molecule has 0 heterocycles. The number of hydrogen-bond donors (Lipinski definition) is 1. The highest BCUT2D eigenvalue weighted by Gasteiger charge is 2.12. The van der Waals surface area contributed by atoms with E-state index in [-0.39, 0.29) is 0 Å². The molecular weight excluding hydrogens is 254 g/mol. The molecule has 1 aromatic rings. The van der Waals surface area contributed by atoms with E-state index in [0.717, 1.165) is 18.9 Å². The Labute approximate surface area is 130 Å². The third-order valence-corrected chi connectivity index (χ3v) is 4.70. The molecule has 1 nitrogen and oxygen atoms in total. The first-order valence-corrected chi connectivity index (χ1v) is 8.80. The van der Waals surface area contributed by atoms with Gasteiger partial charge in [-0.3, -0.25) is 0 Å². The summed E-state index contributed by atoms with van der Waals surface area (Å²) in [4.78, 5) is 0. The number of unbranched alkanes of at least 4 members (excludes halogenated alkanes) is 2. The van der Waals surface area contributed by atoms with Crippen molar-refractivity contribution in [1.29, 1.82) is 0 Å². The normalized spacial score (nSPS) is 15.8. The summed E-state index contributed by atoms with van der Waals surface area (Å²) in [5.41, 5.74) is 2.52. The van der Waals surface area contributed by atoms with Crippen LogP contribution in [0.5, 0.6) is 0 Å². The molecule has 1 aliphatic rings. The molecular formula is C20H31N. The minimum Gasteiger partial charge on any atom is -0.385 e. The van der Waals surface area contributed by atoms with Crippen LogP contribution in [-0.4, -0.2) is 0 Å². The first-order valence-electron chi connectivity index (χ1n) is 8.80. The summed E-state index contributed by atoms with van der Waals surface area (Å²) in [6.07, 6.45) is 14.1. The highest BCUT2D eigenvalue weighted by Crippen LogP contribution is 2.28. The van der Waals surface area contributed by atoms with Crippen LogP contribution in [-0.2, 0) is 6.54 Å². The second-order valence-corrected chi connectivity index (χ2v) is 6.55. The van der Waals surface area contributed by atoms with Crippen LogP contribution in [0.25, 0.3) is 0 Å². The Kier molecular flexibility index (Phi) is 7.42. The lowest BCUT2D eigenvalue weighted by atomic mass is 9.85. The fourth-order valence-electron chi connectivity index (χ4n) is 3.34. The summed E-state index contributed by atoms with van der Waals surface area (Å²) >= 11 is 0. The standard InChI is InChI=1S/C20H31N/c1-18(21-17-20-15-9-4-10-16-20)11-5-2-6-12-19-13-7-3-8-14-19/h4,9-10,15-16,19,21H,1-3,5-8,11-14,17H2. The van der Waals surface area contributed by atoms with Crippen molar-refractivity contribution < 1.29 is 0 Å². The second kappa shape index (κ2) is 9.65. The molecule has 0 aromatic heterocycles. The van der Waals surface area contributed by atoms with Crippen LogP contribution in [0.2, 0.25) is 0 Å². The van der Waals surface area contributed by atoms with Crippen molar-refractivity contribution in [3.05, 3.63) is 48.2 Å². The van der Waals surface area contributed by atoms with E-state index in [0.29, 0.717) is 0 Å². The maximum atomic E-state index is 4.15. The maximum Gasteiger partial charge on any atom is 0.0397 e. The van der Waals surface area contributed by atoms with Gasteiger partial charge in [-0.15, -0.1) is 0 Å². The minimum absolute atomic E-state index is 0.905. The molecule has 116 valence electrons. The van der Waals surface area contributed by atoms with Crippen molar-refractivity contribution in [2.45, 2.75) is 70.8 Å². The van der Waals surface area contributed by atoms with E-state index >= 15 is 0 Å². The largest absolute Gasteiger partial charge is 0.385 e. The monoisotopic (exact) mass is 285 g/mol. The van der Waals surface area contributed by atoms with Gasteiger partial charge < -0.3 is 5.32 Å². The highest BCUT2D eigenvalue weighted by molar-refractivity contribution is 5.15. The van der Waals surface area contributed by atoms with Gasteiger partial charge in [0.25, 0.3) is 0 Å². The van der Waals surface area contributed by atoms with Crippen LogP contribution in [0.15, 0.2) is 42.6 Å². The van der Waals surface area contributed by atoms with Crippen LogP contribution in [0.3, 0.4) is 0 Å². The predicted octanol–water partition coefficient (Wildman–Crippen LogP) is 5.82. The molecule has 1 saturated carbocycles. The first kappa shape index (κ1) is 16.1. The molecule has 1 N–H and O–H groups in total. The minimum atomic E-state index is 0.905. The quantitative estimate of drug-likeness (QED) is 0.564. The van der Waals surface area contributed by atoms with E-state index < -0.39 is 0 Å². The summed E-state index contributed by atoms with van der Waals surface area (Å²) in [7, 11) is 0. The fourth-order valence-corrected chi connectivity index (χ4v) is 3.34. The van der Waals surface area contributed by atoms with E-state index in [9.17, 15) is 0 Å². The molecule has 1 fully saturated rings. The van der Waals surface area contributed by atoms with Crippen LogP contribution in [0.4, 0.5) is 0 Å². The van der Waals surface area contributed by atoms with Gasteiger partial charge in [0.2, 0.25) is 0 Å². The molecule has 1 aromatic carbocycles. The molecule has 21 heavy (non-hydrogen) atoms. The fraction of sp³-hybridized carbons (Fsp3) is 0.600. The summed E-state index contributed by atoms with van der Waals surface area (Å²) in [6, 6.07) is 10.6. The van der Waals surface area contributed by atoms with Gasteiger partial charge in [-0.1, -0.05) is 88.3 Å². The summed E-state index contributed by atoms with van der Waals surface area (Å²) < 4.78 is 0. The van der Waals surface area contributed by atoms with Crippen molar-refractivity contribution >= 4 is 0 Å². The highest BCUT2D eigenvalue weighted by atomic mass is 14.9. The molecule has 0 atom stereocenters. The predicted molar refractivity (Wildman–Crippen MR) is 92.1 cm³/mol. The maximum absolute atomic E-state index is 4.15. The number of allylic oxidation sites excluding steroid dienone is 1. The van der Waals surface area contributed by atoms with Crippen molar-refractivity contribution in [2.75, 3.05) is 0 Å². The molecule has 0 aliphatic heterocycles. The van der Waals surface area contributed by atoms with Gasteiger partial charge in [-0.2, -0.15) is 0 Å². The Hall–Kier alpha value is -1.24. The van der Waals surface area contributed by atoms with Crippen molar-refractivity contribution in [3.63, 3.8) is 0 Å². The van der Waals surface area contributed by atoms with Crippen LogP contribution < -0.4 is 5.32 Å². The Bertz CT molecular complexity index is 390. The molecule has 0 radical (unpaired) electrons. The van der Waals surface area contributed by atoms with Crippen LogP contribution in [0.1, 0.15) is 69.8 Å². The lowest BCUT2D eigenvalue weighted by Crippen LogP contribution is -2.11. The summed E-state index contributed by atoms with van der Waals surface area (Å²) in [5.74, 6) is 1.04. The molecule has 0 amide bonds. The molecule has 0 unspecified atom stereocenters. The first-order chi connectivity index (χ1) is 10.3. The van der Waals surface area contributed by atoms with Crippen molar-refractivity contribution in [3.8, 4) is 0 Å². The molecule has 1 aliphatic carbocycles. The van der Waals surface area contributed by atoms with Crippen LogP contribution >= 0.6 is 0 Å². The zero-order valence-corrected chi connectivity index (χ0v) is 13.4. The SMILES string of the molecule is C=C(CCCCCC1CCCCC1)NCc1ccccc1. The third-order valence-electron chi connectivity index (χ3n) is 4.70. The Morgan fingerprint density at radius 1 is 1.00 bits per heavy atom. The lowest BCUT2D eigenvalue weighted by Gasteiger charge is -2.21. The molecule has 2 rings (SSSR count). The third kappa shape index (κ3) is 6.84. The average molecular weight is 285 g/mol. The van der Waals surface area contributed by atoms with E-state index in [1.54, 1.807) is 0 Å². The smallest absolute Gasteiger partial charge is 0.0397 e.